The Labute approximate surface area is 478 Å². The number of piperidine rings is 4. The molecule has 82 heavy (non-hydrogen) atoms. The highest BCUT2D eigenvalue weighted by atomic mass is 19.1. The molecule has 18 heteroatoms. The SMILES string of the molecule is CC(=O)N1CCC(CNC(=O)Cc2ccc3c(OC(=O)C(=O)Oc4cn(C5CCN(C(F)Cc6ccccc6)CC5)c5cc(CC(=O)NCC6CCN(C(C)=O)CC6)ccc45)cn(C4CCN(C(F)Cc5ccccc5)CC4)c3c2)CC1. The first-order valence-electron chi connectivity index (χ1n) is 29.3. The van der Waals surface area contributed by atoms with Crippen LogP contribution in [0.3, 0.4) is 0 Å². The normalized spacial score (nSPS) is 18.1. The Balaban J connectivity index is 0.848. The number of fused-ring (bicyclic) bond motifs is 2. The Kier molecular flexibility index (Phi) is 18.8. The Morgan fingerprint density at radius 2 is 0.854 bits per heavy atom. The molecule has 6 aromatic rings. The van der Waals surface area contributed by atoms with E-state index in [4.69, 9.17) is 9.47 Å². The van der Waals surface area contributed by atoms with E-state index in [2.05, 4.69) is 10.6 Å². The van der Waals surface area contributed by atoms with Crippen molar-refractivity contribution in [2.45, 2.75) is 116 Å². The van der Waals surface area contributed by atoms with Crippen LogP contribution in [-0.2, 0) is 54.5 Å². The zero-order chi connectivity index (χ0) is 57.3. The maximum Gasteiger partial charge on any atom is 0.423 e. The first kappa shape index (κ1) is 57.8. The standard InChI is InChI=1S/C64H76F2N8O8/c1-43(75)69-25-17-47(18-26-69)39-67-61(77)37-49-13-15-53-55(33-49)73(51-21-29-71(30-22-51)59(65)35-45-9-5-3-6-10-45)41-57(53)81-63(79)64(80)82-58-42-74(52-23-31-72(32-24-52)60(66)36-46-11-7-4-8-12-46)56-34-50(14-16-54(56)58)38-62(78)68-40-48-19-27-70(28-20-48)44(2)76/h3-16,33-34,41-42,47-48,51-52,59-60H,17-32,35-40H2,1-2H3,(H,67,77)(H,68,78). The predicted octanol–water partition coefficient (Wildman–Crippen LogP) is 8.29. The largest absolute Gasteiger partial charge is 0.423 e. The van der Waals surface area contributed by atoms with E-state index < -0.39 is 24.5 Å². The van der Waals surface area contributed by atoms with Gasteiger partial charge in [-0.15, -0.1) is 0 Å². The van der Waals surface area contributed by atoms with Gasteiger partial charge in [-0.1, -0.05) is 72.8 Å². The lowest BCUT2D eigenvalue weighted by Crippen LogP contribution is -2.40. The van der Waals surface area contributed by atoms with Gasteiger partial charge >= 0.3 is 11.9 Å². The van der Waals surface area contributed by atoms with Gasteiger partial charge in [0.05, 0.1) is 23.9 Å². The van der Waals surface area contributed by atoms with E-state index in [0.29, 0.717) is 113 Å². The van der Waals surface area contributed by atoms with Gasteiger partial charge in [0.25, 0.3) is 0 Å². The fourth-order valence-corrected chi connectivity index (χ4v) is 12.5. The molecular weight excluding hydrogens is 1050 g/mol. The summed E-state index contributed by atoms with van der Waals surface area (Å²) in [5, 5.41) is 7.28. The number of nitrogens with zero attached hydrogens (tertiary/aromatic N) is 6. The molecule has 0 saturated carbocycles. The van der Waals surface area contributed by atoms with Crippen molar-refractivity contribution in [2.75, 3.05) is 65.4 Å². The number of likely N-dealkylation sites (tertiary alicyclic amines) is 4. The molecule has 434 valence electrons. The van der Waals surface area contributed by atoms with Crippen LogP contribution in [0.5, 0.6) is 11.5 Å². The molecule has 4 aliphatic rings. The number of nitrogens with one attached hydrogen (secondary N) is 2. The van der Waals surface area contributed by atoms with Gasteiger partial charge in [-0.3, -0.25) is 29.0 Å². The van der Waals surface area contributed by atoms with E-state index in [0.717, 1.165) is 47.9 Å². The zero-order valence-electron chi connectivity index (χ0n) is 47.1. The van der Waals surface area contributed by atoms with Gasteiger partial charge in [0, 0.05) is 127 Å². The molecule has 4 aromatic carbocycles. The minimum atomic E-state index is -1.24. The molecule has 0 radical (unpaired) electrons. The van der Waals surface area contributed by atoms with Gasteiger partial charge in [-0.05, 0) is 110 Å². The van der Waals surface area contributed by atoms with Crippen molar-refractivity contribution in [3.05, 3.63) is 132 Å². The molecule has 4 saturated heterocycles. The molecule has 2 N–H and O–H groups in total. The van der Waals surface area contributed by atoms with E-state index in [1.165, 1.54) is 0 Å². The fourth-order valence-electron chi connectivity index (χ4n) is 12.5. The van der Waals surface area contributed by atoms with Crippen LogP contribution in [-0.4, -0.2) is 142 Å². The van der Waals surface area contributed by atoms with Crippen LogP contribution >= 0.6 is 0 Å². The molecule has 4 amide bonds. The summed E-state index contributed by atoms with van der Waals surface area (Å²) < 4.78 is 47.4. The summed E-state index contributed by atoms with van der Waals surface area (Å²) >= 11 is 0. The third kappa shape index (κ3) is 14.4. The smallest absolute Gasteiger partial charge is 0.416 e. The number of esters is 2. The van der Waals surface area contributed by atoms with Crippen LogP contribution in [0.1, 0.15) is 99.6 Å². The minimum Gasteiger partial charge on any atom is -0.416 e. The number of aromatic nitrogens is 2. The molecular formula is C64H76F2N8O8. The van der Waals surface area contributed by atoms with Crippen molar-refractivity contribution in [1.82, 2.24) is 39.4 Å². The Bertz CT molecular complexity index is 3000. The van der Waals surface area contributed by atoms with Crippen molar-refractivity contribution in [3.63, 3.8) is 0 Å². The lowest BCUT2D eigenvalue weighted by atomic mass is 9.96. The number of rotatable bonds is 18. The van der Waals surface area contributed by atoms with Gasteiger partial charge in [-0.2, -0.15) is 0 Å². The highest BCUT2D eigenvalue weighted by Crippen LogP contribution is 2.38. The zero-order valence-corrected chi connectivity index (χ0v) is 47.1. The third-order valence-electron chi connectivity index (χ3n) is 17.4. The molecule has 16 nitrogen and oxygen atoms in total. The summed E-state index contributed by atoms with van der Waals surface area (Å²) in [6.07, 6.45) is 7.53. The van der Waals surface area contributed by atoms with Crippen LogP contribution in [0.15, 0.2) is 109 Å². The summed E-state index contributed by atoms with van der Waals surface area (Å²) in [6, 6.07) is 29.9. The molecule has 0 spiro atoms. The fraction of sp³-hybridized carbons (Fsp3) is 0.469. The average Bonchev–Trinajstić information content (AvgIpc) is 4.23. The van der Waals surface area contributed by atoms with Crippen LogP contribution in [0.25, 0.3) is 21.8 Å². The molecule has 2 aromatic heterocycles. The molecule has 10 rings (SSSR count). The van der Waals surface area contributed by atoms with Gasteiger partial charge < -0.3 is 39.0 Å². The molecule has 6 heterocycles. The number of halogens is 2. The third-order valence-corrected chi connectivity index (χ3v) is 17.4. The summed E-state index contributed by atoms with van der Waals surface area (Å²) in [4.78, 5) is 85.9. The molecule has 2 atom stereocenters. The Hall–Kier alpha value is -7.44. The van der Waals surface area contributed by atoms with E-state index in [-0.39, 0.29) is 84.7 Å². The maximum absolute atomic E-state index is 15.7. The van der Waals surface area contributed by atoms with Crippen molar-refractivity contribution < 1.29 is 47.0 Å². The van der Waals surface area contributed by atoms with E-state index >= 15 is 8.78 Å². The topological polar surface area (TPSA) is 168 Å². The van der Waals surface area contributed by atoms with Gasteiger partial charge in [0.2, 0.25) is 23.6 Å². The van der Waals surface area contributed by atoms with Crippen LogP contribution < -0.4 is 20.1 Å². The summed E-state index contributed by atoms with van der Waals surface area (Å²) in [6.45, 7) is 8.83. The molecule has 4 fully saturated rings. The Morgan fingerprint density at radius 1 is 0.488 bits per heavy atom. The van der Waals surface area contributed by atoms with Gasteiger partial charge in [0.1, 0.15) is 0 Å². The monoisotopic (exact) mass is 1120 g/mol. The number of alkyl halides is 2. The average molecular weight is 1120 g/mol. The van der Waals surface area contributed by atoms with Crippen molar-refractivity contribution in [2.24, 2.45) is 11.8 Å². The van der Waals surface area contributed by atoms with Crippen LogP contribution in [0.2, 0.25) is 0 Å². The first-order chi connectivity index (χ1) is 39.7. The number of hydrogen-bond donors (Lipinski definition) is 2. The summed E-state index contributed by atoms with van der Waals surface area (Å²) in [5.41, 5.74) is 4.72. The lowest BCUT2D eigenvalue weighted by molar-refractivity contribution is -0.156. The van der Waals surface area contributed by atoms with Crippen LogP contribution in [0, 0.1) is 11.8 Å². The summed E-state index contributed by atoms with van der Waals surface area (Å²) in [7, 11) is 0. The second-order valence-electron chi connectivity index (χ2n) is 22.9. The van der Waals surface area contributed by atoms with Crippen molar-refractivity contribution >= 4 is 57.4 Å². The van der Waals surface area contributed by atoms with Gasteiger partial charge in [0.15, 0.2) is 24.1 Å². The predicted molar refractivity (Wildman–Crippen MR) is 308 cm³/mol. The number of benzene rings is 4. The lowest BCUT2D eigenvalue weighted by Gasteiger charge is -2.35. The number of ether oxygens (including phenoxy) is 2. The number of carbonyl (C=O) groups is 6. The minimum absolute atomic E-state index is 0.0601. The second kappa shape index (κ2) is 26.6. The second-order valence-corrected chi connectivity index (χ2v) is 22.9. The number of amides is 4. The quantitative estimate of drug-likeness (QED) is 0.0486. The van der Waals surface area contributed by atoms with Crippen molar-refractivity contribution in [1.29, 1.82) is 0 Å². The highest BCUT2D eigenvalue weighted by molar-refractivity contribution is 6.31. The van der Waals surface area contributed by atoms with Crippen LogP contribution in [0.4, 0.5) is 8.78 Å². The molecule has 4 aliphatic heterocycles. The van der Waals surface area contributed by atoms with Crippen molar-refractivity contribution in [3.8, 4) is 11.5 Å². The van der Waals surface area contributed by atoms with E-state index in [1.54, 1.807) is 38.4 Å². The van der Waals surface area contributed by atoms with Gasteiger partial charge in [-0.25, -0.2) is 18.4 Å². The van der Waals surface area contributed by atoms with E-state index in [9.17, 15) is 28.8 Å². The highest BCUT2D eigenvalue weighted by Gasteiger charge is 2.32. The first-order valence-corrected chi connectivity index (χ1v) is 29.3. The Morgan fingerprint density at radius 3 is 1.21 bits per heavy atom. The van der Waals surface area contributed by atoms with E-state index in [1.807, 2.05) is 114 Å². The maximum atomic E-state index is 15.7. The molecule has 2 unspecified atom stereocenters. The summed E-state index contributed by atoms with van der Waals surface area (Å²) in [5.74, 6) is -1.83. The number of carbonyl (C=O) groups excluding carboxylic acids is 6. The molecule has 0 aliphatic carbocycles. The molecule has 0 bridgehead atoms. The number of hydrogen-bond acceptors (Lipinski definition) is 10.